The summed E-state index contributed by atoms with van der Waals surface area (Å²) < 4.78 is 30.6. The number of sulfone groups is 1. The van der Waals surface area contributed by atoms with Crippen molar-refractivity contribution in [1.29, 1.82) is 0 Å². The van der Waals surface area contributed by atoms with Gasteiger partial charge in [-0.15, -0.1) is 0 Å². The molecule has 8 heteroatoms. The quantitative estimate of drug-likeness (QED) is 0.654. The van der Waals surface area contributed by atoms with Crippen LogP contribution in [0, 0.1) is 0 Å². The Balaban J connectivity index is 2.05. The molecule has 1 amide bonds. The largest absolute Gasteiger partial charge is 0.481 e. The SMILES string of the molecule is CC(C(=O)NC(CCC(=O)O)Cc1ccccc1)S(=O)(=O)C1CCOCC1. The maximum atomic E-state index is 12.7. The van der Waals surface area contributed by atoms with Crippen LogP contribution in [0.1, 0.15) is 38.2 Å². The molecule has 0 aromatic heterocycles. The lowest BCUT2D eigenvalue weighted by atomic mass is 10.0. The van der Waals surface area contributed by atoms with Crippen LogP contribution in [0.2, 0.25) is 0 Å². The van der Waals surface area contributed by atoms with Gasteiger partial charge >= 0.3 is 5.97 Å². The van der Waals surface area contributed by atoms with Gasteiger partial charge in [-0.25, -0.2) is 8.42 Å². The standard InChI is InChI=1S/C19H27NO6S/c1-14(27(24,25)17-9-11-26-12-10-17)19(23)20-16(7-8-18(21)22)13-15-5-3-2-4-6-15/h2-6,14,16-17H,7-13H2,1H3,(H,20,23)(H,21,22). The van der Waals surface area contributed by atoms with E-state index < -0.39 is 38.3 Å². The first kappa shape index (κ1) is 21.4. The zero-order valence-electron chi connectivity index (χ0n) is 15.5. The number of hydrogen-bond acceptors (Lipinski definition) is 5. The molecule has 1 aliphatic rings. The Hall–Kier alpha value is -1.93. The first-order chi connectivity index (χ1) is 12.8. The van der Waals surface area contributed by atoms with Gasteiger partial charge in [-0.2, -0.15) is 0 Å². The molecule has 7 nitrogen and oxygen atoms in total. The van der Waals surface area contributed by atoms with Crippen LogP contribution < -0.4 is 5.32 Å². The van der Waals surface area contributed by atoms with E-state index in [1.165, 1.54) is 6.92 Å². The third kappa shape index (κ3) is 6.32. The number of carbonyl (C=O) groups is 2. The van der Waals surface area contributed by atoms with Gasteiger partial charge in [0.1, 0.15) is 5.25 Å². The lowest BCUT2D eigenvalue weighted by Crippen LogP contribution is -2.47. The summed E-state index contributed by atoms with van der Waals surface area (Å²) in [6, 6.07) is 8.94. The monoisotopic (exact) mass is 397 g/mol. The van der Waals surface area contributed by atoms with Gasteiger partial charge in [-0.05, 0) is 38.2 Å². The summed E-state index contributed by atoms with van der Waals surface area (Å²) in [5.74, 6) is -1.53. The maximum Gasteiger partial charge on any atom is 0.303 e. The minimum atomic E-state index is -3.62. The number of carbonyl (C=O) groups excluding carboxylic acids is 1. The molecule has 1 saturated heterocycles. The van der Waals surface area contributed by atoms with E-state index in [-0.39, 0.29) is 12.8 Å². The molecule has 1 aromatic carbocycles. The van der Waals surface area contributed by atoms with E-state index >= 15 is 0 Å². The van der Waals surface area contributed by atoms with Crippen molar-refractivity contribution in [2.45, 2.75) is 55.6 Å². The van der Waals surface area contributed by atoms with Crippen LogP contribution in [0.25, 0.3) is 0 Å². The molecule has 2 atom stereocenters. The second-order valence-electron chi connectivity index (χ2n) is 6.87. The molecule has 1 aliphatic heterocycles. The minimum Gasteiger partial charge on any atom is -0.481 e. The normalized spacial score (nSPS) is 17.8. The summed E-state index contributed by atoms with van der Waals surface area (Å²) in [4.78, 5) is 23.5. The molecular formula is C19H27NO6S. The predicted molar refractivity (Wildman–Crippen MR) is 101 cm³/mol. The highest BCUT2D eigenvalue weighted by Crippen LogP contribution is 2.20. The van der Waals surface area contributed by atoms with Crippen LogP contribution in [0.4, 0.5) is 0 Å². The van der Waals surface area contributed by atoms with Crippen LogP contribution in [-0.2, 0) is 30.6 Å². The van der Waals surface area contributed by atoms with Gasteiger partial charge in [0.05, 0.1) is 5.25 Å². The zero-order valence-corrected chi connectivity index (χ0v) is 16.3. The Morgan fingerprint density at radius 3 is 2.44 bits per heavy atom. The number of carboxylic acid groups (broad SMARTS) is 1. The lowest BCUT2D eigenvalue weighted by molar-refractivity contribution is -0.137. The summed E-state index contributed by atoms with van der Waals surface area (Å²) >= 11 is 0. The van der Waals surface area contributed by atoms with E-state index in [2.05, 4.69) is 5.32 Å². The maximum absolute atomic E-state index is 12.7. The average molecular weight is 397 g/mol. The molecule has 1 heterocycles. The van der Waals surface area contributed by atoms with E-state index in [4.69, 9.17) is 9.84 Å². The Morgan fingerprint density at radius 2 is 1.85 bits per heavy atom. The van der Waals surface area contributed by atoms with Crippen molar-refractivity contribution >= 4 is 21.7 Å². The Morgan fingerprint density at radius 1 is 1.22 bits per heavy atom. The highest BCUT2D eigenvalue weighted by molar-refractivity contribution is 7.93. The third-order valence-electron chi connectivity index (χ3n) is 4.87. The number of rotatable bonds is 9. The van der Waals surface area contributed by atoms with E-state index in [9.17, 15) is 18.0 Å². The molecule has 0 spiro atoms. The molecule has 0 bridgehead atoms. The van der Waals surface area contributed by atoms with E-state index in [0.29, 0.717) is 32.5 Å². The number of benzene rings is 1. The van der Waals surface area contributed by atoms with Gasteiger partial charge < -0.3 is 15.2 Å². The molecule has 1 aromatic rings. The smallest absolute Gasteiger partial charge is 0.303 e. The van der Waals surface area contributed by atoms with Gasteiger partial charge in [0.25, 0.3) is 0 Å². The van der Waals surface area contributed by atoms with E-state index in [1.54, 1.807) is 0 Å². The molecule has 0 aliphatic carbocycles. The van der Waals surface area contributed by atoms with Gasteiger partial charge in [-0.3, -0.25) is 9.59 Å². The highest BCUT2D eigenvalue weighted by atomic mass is 32.2. The van der Waals surface area contributed by atoms with Crippen molar-refractivity contribution in [3.05, 3.63) is 35.9 Å². The number of ether oxygens (including phenoxy) is 1. The summed E-state index contributed by atoms with van der Waals surface area (Å²) in [6.45, 7) is 2.16. The number of amides is 1. The van der Waals surface area contributed by atoms with Crippen molar-refractivity contribution in [2.24, 2.45) is 0 Å². The molecule has 2 rings (SSSR count). The zero-order chi connectivity index (χ0) is 19.9. The highest BCUT2D eigenvalue weighted by Gasteiger charge is 2.37. The summed E-state index contributed by atoms with van der Waals surface area (Å²) in [6.07, 6.45) is 1.38. The number of nitrogens with one attached hydrogen (secondary N) is 1. The number of carboxylic acids is 1. The van der Waals surface area contributed by atoms with E-state index in [0.717, 1.165) is 5.56 Å². The van der Waals surface area contributed by atoms with Crippen LogP contribution >= 0.6 is 0 Å². The van der Waals surface area contributed by atoms with Gasteiger partial charge in [-0.1, -0.05) is 30.3 Å². The summed E-state index contributed by atoms with van der Waals surface area (Å²) in [5.41, 5.74) is 0.952. The van der Waals surface area contributed by atoms with Crippen LogP contribution in [-0.4, -0.2) is 55.2 Å². The molecule has 0 saturated carbocycles. The molecule has 2 N–H and O–H groups in total. The summed E-state index contributed by atoms with van der Waals surface area (Å²) in [5, 5.41) is 9.96. The second kappa shape index (κ2) is 9.85. The van der Waals surface area contributed by atoms with Crippen LogP contribution in [0.15, 0.2) is 30.3 Å². The van der Waals surface area contributed by atoms with Crippen molar-refractivity contribution in [1.82, 2.24) is 5.32 Å². The van der Waals surface area contributed by atoms with Crippen molar-refractivity contribution in [3.8, 4) is 0 Å². The molecule has 150 valence electrons. The molecule has 27 heavy (non-hydrogen) atoms. The fourth-order valence-electron chi connectivity index (χ4n) is 3.18. The third-order valence-corrected chi connectivity index (χ3v) is 7.47. The first-order valence-corrected chi connectivity index (χ1v) is 10.8. The molecular weight excluding hydrogens is 370 g/mol. The predicted octanol–water partition coefficient (Wildman–Crippen LogP) is 1.56. The van der Waals surface area contributed by atoms with Gasteiger partial charge in [0.2, 0.25) is 5.91 Å². The van der Waals surface area contributed by atoms with Crippen LogP contribution in [0.3, 0.4) is 0 Å². The number of hydrogen-bond donors (Lipinski definition) is 2. The Kier molecular flexibility index (Phi) is 7.79. The minimum absolute atomic E-state index is 0.0983. The fourth-order valence-corrected chi connectivity index (χ4v) is 4.98. The Bertz CT molecular complexity index is 728. The van der Waals surface area contributed by atoms with Gasteiger partial charge in [0.15, 0.2) is 9.84 Å². The molecule has 1 fully saturated rings. The summed E-state index contributed by atoms with van der Waals surface area (Å²) in [7, 11) is -3.62. The van der Waals surface area contributed by atoms with Crippen LogP contribution in [0.5, 0.6) is 0 Å². The van der Waals surface area contributed by atoms with E-state index in [1.807, 2.05) is 30.3 Å². The van der Waals surface area contributed by atoms with Crippen molar-refractivity contribution in [3.63, 3.8) is 0 Å². The lowest BCUT2D eigenvalue weighted by Gasteiger charge is -2.26. The van der Waals surface area contributed by atoms with Crippen molar-refractivity contribution < 1.29 is 27.9 Å². The Labute approximate surface area is 160 Å². The second-order valence-corrected chi connectivity index (χ2v) is 9.42. The number of aliphatic carboxylic acids is 1. The van der Waals surface area contributed by atoms with Crippen molar-refractivity contribution in [2.75, 3.05) is 13.2 Å². The first-order valence-electron chi connectivity index (χ1n) is 9.17. The molecule has 2 unspecified atom stereocenters. The van der Waals surface area contributed by atoms with Gasteiger partial charge in [0, 0.05) is 25.7 Å². The topological polar surface area (TPSA) is 110 Å². The fraction of sp³-hybridized carbons (Fsp3) is 0.579. The average Bonchev–Trinajstić information content (AvgIpc) is 2.66. The molecule has 0 radical (unpaired) electrons.